The molecule has 0 bridgehead atoms. The monoisotopic (exact) mass is 250 g/mol. The number of hydrogen-bond donors (Lipinski definition) is 2. The van der Waals surface area contributed by atoms with Gasteiger partial charge in [-0.05, 0) is 31.3 Å². The first-order valence-corrected chi connectivity index (χ1v) is 6.56. The summed E-state index contributed by atoms with van der Waals surface area (Å²) in [4.78, 5) is 21.1. The molecule has 0 spiro atoms. The smallest absolute Gasteiger partial charge is 0.251 e. The maximum absolute atomic E-state index is 11.5. The van der Waals surface area contributed by atoms with Gasteiger partial charge in [-0.25, -0.2) is 4.98 Å². The minimum absolute atomic E-state index is 0.0577. The van der Waals surface area contributed by atoms with E-state index in [9.17, 15) is 4.79 Å². The molecule has 0 radical (unpaired) electrons. The third kappa shape index (κ3) is 2.97. The Bertz CT molecular complexity index is 470. The highest BCUT2D eigenvalue weighted by molar-refractivity contribution is 5.03. The van der Waals surface area contributed by atoms with Crippen molar-refractivity contribution in [3.8, 4) is 0 Å². The summed E-state index contributed by atoms with van der Waals surface area (Å²) in [6.45, 7) is 7.64. The molecule has 1 fully saturated rings. The van der Waals surface area contributed by atoms with Gasteiger partial charge < -0.3 is 10.7 Å². The molecule has 18 heavy (non-hydrogen) atoms. The quantitative estimate of drug-likeness (QED) is 0.816. The molecule has 2 heterocycles. The summed E-state index contributed by atoms with van der Waals surface area (Å²) in [7, 11) is 0. The third-order valence-electron chi connectivity index (χ3n) is 3.71. The van der Waals surface area contributed by atoms with E-state index in [0.29, 0.717) is 13.1 Å². The number of rotatable bonds is 4. The fourth-order valence-corrected chi connectivity index (χ4v) is 2.46. The molecule has 1 aromatic heterocycles. The van der Waals surface area contributed by atoms with Crippen LogP contribution < -0.4 is 11.3 Å². The topological polar surface area (TPSA) is 75.0 Å². The molecule has 5 nitrogen and oxygen atoms in total. The van der Waals surface area contributed by atoms with Crippen LogP contribution in [0.25, 0.3) is 0 Å². The molecule has 1 saturated heterocycles. The minimum atomic E-state index is -0.0577. The summed E-state index contributed by atoms with van der Waals surface area (Å²) in [5.74, 6) is 0.764. The highest BCUT2D eigenvalue weighted by Gasteiger charge is 2.32. The molecular weight excluding hydrogens is 228 g/mol. The van der Waals surface area contributed by atoms with Crippen molar-refractivity contribution >= 4 is 0 Å². The van der Waals surface area contributed by atoms with E-state index in [1.54, 1.807) is 6.07 Å². The minimum Gasteiger partial charge on any atom is -0.330 e. The molecule has 1 unspecified atom stereocenters. The van der Waals surface area contributed by atoms with Gasteiger partial charge in [0.25, 0.3) is 5.56 Å². The van der Waals surface area contributed by atoms with Crippen LogP contribution in [-0.2, 0) is 13.0 Å². The largest absolute Gasteiger partial charge is 0.330 e. The molecule has 0 amide bonds. The van der Waals surface area contributed by atoms with Gasteiger partial charge >= 0.3 is 0 Å². The van der Waals surface area contributed by atoms with E-state index in [4.69, 9.17) is 5.73 Å². The Labute approximate surface area is 107 Å². The lowest BCUT2D eigenvalue weighted by molar-refractivity contribution is 0.269. The van der Waals surface area contributed by atoms with Crippen LogP contribution in [0.4, 0.5) is 0 Å². The van der Waals surface area contributed by atoms with Crippen LogP contribution in [0.5, 0.6) is 0 Å². The number of nitrogens with zero attached hydrogens (tertiary/aromatic N) is 2. The Hall–Kier alpha value is -1.20. The highest BCUT2D eigenvalue weighted by atomic mass is 16.1. The zero-order chi connectivity index (χ0) is 13.2. The van der Waals surface area contributed by atoms with Crippen LogP contribution in [-0.4, -0.2) is 34.5 Å². The average molecular weight is 250 g/mol. The van der Waals surface area contributed by atoms with Gasteiger partial charge in [0.15, 0.2) is 0 Å². The predicted molar refractivity (Wildman–Crippen MR) is 71.3 cm³/mol. The molecule has 0 saturated carbocycles. The van der Waals surface area contributed by atoms with E-state index in [2.05, 4.69) is 21.8 Å². The van der Waals surface area contributed by atoms with E-state index in [0.717, 1.165) is 37.4 Å². The number of likely N-dealkylation sites (tertiary alicyclic amines) is 1. The van der Waals surface area contributed by atoms with Gasteiger partial charge in [0.1, 0.15) is 5.82 Å². The number of nitrogens with one attached hydrogen (secondary N) is 1. The van der Waals surface area contributed by atoms with Crippen molar-refractivity contribution in [3.05, 3.63) is 27.9 Å². The van der Waals surface area contributed by atoms with Crippen molar-refractivity contribution in [1.29, 1.82) is 0 Å². The Balaban J connectivity index is 2.07. The van der Waals surface area contributed by atoms with E-state index in [-0.39, 0.29) is 11.0 Å². The summed E-state index contributed by atoms with van der Waals surface area (Å²) in [6, 6.07) is 1.57. The van der Waals surface area contributed by atoms with Gasteiger partial charge in [0, 0.05) is 18.3 Å². The zero-order valence-corrected chi connectivity index (χ0v) is 11.2. The van der Waals surface area contributed by atoms with Crippen molar-refractivity contribution in [2.75, 3.05) is 19.6 Å². The highest BCUT2D eigenvalue weighted by Crippen LogP contribution is 2.28. The van der Waals surface area contributed by atoms with Crippen molar-refractivity contribution < 1.29 is 0 Å². The van der Waals surface area contributed by atoms with E-state index >= 15 is 0 Å². The lowest BCUT2D eigenvalue weighted by atomic mass is 9.90. The van der Waals surface area contributed by atoms with E-state index < -0.39 is 0 Å². The third-order valence-corrected chi connectivity index (χ3v) is 3.71. The zero-order valence-electron chi connectivity index (χ0n) is 11.2. The van der Waals surface area contributed by atoms with Crippen molar-refractivity contribution in [2.45, 2.75) is 33.2 Å². The second-order valence-electron chi connectivity index (χ2n) is 5.51. The Morgan fingerprint density at radius 1 is 1.61 bits per heavy atom. The van der Waals surface area contributed by atoms with Gasteiger partial charge in [0.05, 0.1) is 6.54 Å². The number of aromatic nitrogens is 2. The first kappa shape index (κ1) is 13.2. The number of H-pyrrole nitrogens is 1. The molecule has 2 rings (SSSR count). The summed E-state index contributed by atoms with van der Waals surface area (Å²) < 4.78 is 0. The van der Waals surface area contributed by atoms with E-state index in [1.165, 1.54) is 0 Å². The van der Waals surface area contributed by atoms with Crippen LogP contribution in [0.2, 0.25) is 0 Å². The molecule has 100 valence electrons. The predicted octanol–water partition coefficient (Wildman–Crippen LogP) is 0.503. The Morgan fingerprint density at radius 2 is 2.39 bits per heavy atom. The summed E-state index contributed by atoms with van der Waals surface area (Å²) in [6.07, 6.45) is 1.90. The average Bonchev–Trinajstić information content (AvgIpc) is 2.71. The van der Waals surface area contributed by atoms with Gasteiger partial charge in [0.2, 0.25) is 0 Å². The first-order valence-electron chi connectivity index (χ1n) is 6.56. The van der Waals surface area contributed by atoms with Gasteiger partial charge in [-0.3, -0.25) is 9.69 Å². The van der Waals surface area contributed by atoms with E-state index in [1.807, 2.05) is 6.92 Å². The van der Waals surface area contributed by atoms with Crippen molar-refractivity contribution in [2.24, 2.45) is 11.1 Å². The second-order valence-corrected chi connectivity index (χ2v) is 5.51. The fraction of sp³-hybridized carbons (Fsp3) is 0.692. The maximum atomic E-state index is 11.5. The normalized spacial score (nSPS) is 24.6. The second kappa shape index (κ2) is 5.20. The SMILES string of the molecule is CCc1cc(=O)[nH]c(CN2CCC(C)(CN)C2)n1. The molecular formula is C13H22N4O. The number of hydrogen-bond acceptors (Lipinski definition) is 4. The van der Waals surface area contributed by atoms with Gasteiger partial charge in [-0.1, -0.05) is 13.8 Å². The first-order chi connectivity index (χ1) is 8.54. The summed E-state index contributed by atoms with van der Waals surface area (Å²) in [5, 5.41) is 0. The van der Waals surface area contributed by atoms with Crippen LogP contribution >= 0.6 is 0 Å². The Morgan fingerprint density at radius 3 is 3.00 bits per heavy atom. The molecule has 1 aliphatic rings. The number of nitrogens with two attached hydrogens (primary N) is 1. The molecule has 5 heteroatoms. The molecule has 0 aliphatic carbocycles. The van der Waals surface area contributed by atoms with Crippen molar-refractivity contribution in [3.63, 3.8) is 0 Å². The number of aromatic amines is 1. The van der Waals surface area contributed by atoms with Crippen LogP contribution in [0.1, 0.15) is 31.8 Å². The standard InChI is InChI=1S/C13H22N4O/c1-3-10-6-12(18)16-11(15-10)7-17-5-4-13(2,8-14)9-17/h6H,3-5,7-9,14H2,1-2H3,(H,15,16,18). The van der Waals surface area contributed by atoms with Crippen LogP contribution in [0.3, 0.4) is 0 Å². The maximum Gasteiger partial charge on any atom is 0.251 e. The van der Waals surface area contributed by atoms with Crippen LogP contribution in [0, 0.1) is 5.41 Å². The molecule has 1 atom stereocenters. The van der Waals surface area contributed by atoms with Gasteiger partial charge in [-0.15, -0.1) is 0 Å². The Kier molecular flexibility index (Phi) is 3.82. The lowest BCUT2D eigenvalue weighted by Crippen LogP contribution is -2.31. The molecule has 1 aromatic rings. The van der Waals surface area contributed by atoms with Crippen molar-refractivity contribution in [1.82, 2.24) is 14.9 Å². The summed E-state index contributed by atoms with van der Waals surface area (Å²) >= 11 is 0. The molecule has 1 aliphatic heterocycles. The molecule has 0 aromatic carbocycles. The summed E-state index contributed by atoms with van der Waals surface area (Å²) in [5.41, 5.74) is 6.80. The van der Waals surface area contributed by atoms with Gasteiger partial charge in [-0.2, -0.15) is 0 Å². The fourth-order valence-electron chi connectivity index (χ4n) is 2.46. The molecule has 3 N–H and O–H groups in total. The number of aryl methyl sites for hydroxylation is 1. The lowest BCUT2D eigenvalue weighted by Gasteiger charge is -2.22. The van der Waals surface area contributed by atoms with Crippen LogP contribution in [0.15, 0.2) is 10.9 Å².